The number of nitrogens with one attached hydrogen (secondary N) is 1. The molecule has 21 heavy (non-hydrogen) atoms. The van der Waals surface area contributed by atoms with Crippen molar-refractivity contribution in [3.05, 3.63) is 10.6 Å². The van der Waals surface area contributed by atoms with Gasteiger partial charge < -0.3 is 16.7 Å². The Bertz CT molecular complexity index is 500. The Labute approximate surface area is 172 Å². The Kier molecular flexibility index (Phi) is 7.42. The zero-order valence-corrected chi connectivity index (χ0v) is 16.5. The molecule has 2 heterocycles. The van der Waals surface area contributed by atoms with Crippen molar-refractivity contribution >= 4 is 29.5 Å². The summed E-state index contributed by atoms with van der Waals surface area (Å²) in [6.07, 6.45) is 1.37. The first-order chi connectivity index (χ1) is 9.47. The number of hydrogen-bond acceptors (Lipinski definition) is 4. The molecule has 0 aromatic carbocycles. The van der Waals surface area contributed by atoms with Crippen LogP contribution in [0.2, 0.25) is 0 Å². The number of aliphatic carboxylic acids is 1. The molecule has 2 atom stereocenters. The predicted molar refractivity (Wildman–Crippen MR) is 75.9 cm³/mol. The van der Waals surface area contributed by atoms with Crippen molar-refractivity contribution < 1.29 is 72.3 Å². The summed E-state index contributed by atoms with van der Waals surface area (Å²) in [5.41, 5.74) is 0.137. The third-order valence-electron chi connectivity index (χ3n) is 3.64. The van der Waals surface area contributed by atoms with Crippen LogP contribution in [-0.2, 0) is 14.4 Å². The quantitative estimate of drug-likeness (QED) is 0.329. The fourth-order valence-corrected chi connectivity index (χ4v) is 3.79. The van der Waals surface area contributed by atoms with Crippen molar-refractivity contribution in [2.75, 3.05) is 12.3 Å². The van der Waals surface area contributed by atoms with Gasteiger partial charge in [0.15, 0.2) is 0 Å². The van der Waals surface area contributed by atoms with Crippen LogP contribution in [0.25, 0.3) is 0 Å². The Morgan fingerprint density at radius 1 is 1.52 bits per heavy atom. The summed E-state index contributed by atoms with van der Waals surface area (Å²) in [6, 6.07) is 0.0156. The van der Waals surface area contributed by atoms with Crippen LogP contribution in [0.5, 0.6) is 0 Å². The van der Waals surface area contributed by atoms with Crippen LogP contribution < -0.4 is 56.7 Å². The maximum absolute atomic E-state index is 11.9. The number of thioether (sulfide) groups is 1. The second kappa shape index (κ2) is 8.12. The molecular formula is C13H19KN2O4S. The van der Waals surface area contributed by atoms with Gasteiger partial charge in [-0.3, -0.25) is 9.59 Å². The van der Waals surface area contributed by atoms with E-state index in [-0.39, 0.29) is 82.3 Å². The Morgan fingerprint density at radius 3 is 2.71 bits per heavy atom. The van der Waals surface area contributed by atoms with Gasteiger partial charge in [0.2, 0.25) is 11.8 Å². The van der Waals surface area contributed by atoms with Crippen LogP contribution in [0, 0.1) is 5.92 Å². The van der Waals surface area contributed by atoms with Gasteiger partial charge in [0, 0.05) is 30.5 Å². The smallest absolute Gasteiger partial charge is 1.00 e. The van der Waals surface area contributed by atoms with Crippen molar-refractivity contribution in [2.45, 2.75) is 32.7 Å². The number of fused-ring (bicyclic) bond motifs is 1. The van der Waals surface area contributed by atoms with E-state index < -0.39 is 5.97 Å². The number of amides is 2. The molecule has 0 unspecified atom stereocenters. The number of nitrogens with zero attached hydrogens (tertiary/aromatic N) is 1. The molecule has 0 aliphatic carbocycles. The van der Waals surface area contributed by atoms with Crippen molar-refractivity contribution in [1.82, 2.24) is 10.2 Å². The van der Waals surface area contributed by atoms with Crippen molar-refractivity contribution in [3.63, 3.8) is 0 Å². The van der Waals surface area contributed by atoms with E-state index in [1.165, 1.54) is 23.6 Å². The van der Waals surface area contributed by atoms with Crippen molar-refractivity contribution in [3.8, 4) is 0 Å². The minimum absolute atomic E-state index is 0. The van der Waals surface area contributed by atoms with E-state index >= 15 is 0 Å². The fraction of sp³-hybridized carbons (Fsp3) is 0.615. The van der Waals surface area contributed by atoms with Gasteiger partial charge in [-0.1, -0.05) is 6.92 Å². The third kappa shape index (κ3) is 3.91. The molecule has 6 nitrogen and oxygen atoms in total. The standard InChI is InChI=1S/C13H18N2O4S.K.H/c1-3-8-9-6-10(20-5-4-14-7(2)16)11(13(18)19)15(9)12(8)17;;/h8-9H,3-6H2,1-2H3,(H,14,16)(H,18,19);;/q;+1;-1/t8-,9-;;/m0../s1. The summed E-state index contributed by atoms with van der Waals surface area (Å²) in [5, 5.41) is 12.0. The second-order valence-electron chi connectivity index (χ2n) is 4.90. The first-order valence-electron chi connectivity index (χ1n) is 6.64. The Hall–Kier alpha value is 0.136. The van der Waals surface area contributed by atoms with Gasteiger partial charge >= 0.3 is 57.4 Å². The maximum Gasteiger partial charge on any atom is 1.00 e. The topological polar surface area (TPSA) is 86.7 Å². The van der Waals surface area contributed by atoms with E-state index in [0.717, 1.165) is 11.3 Å². The van der Waals surface area contributed by atoms with E-state index in [1.807, 2.05) is 6.92 Å². The fourth-order valence-electron chi connectivity index (χ4n) is 2.73. The van der Waals surface area contributed by atoms with Gasteiger partial charge in [-0.15, -0.1) is 11.8 Å². The van der Waals surface area contributed by atoms with E-state index in [2.05, 4.69) is 5.32 Å². The molecule has 1 saturated heterocycles. The summed E-state index contributed by atoms with van der Waals surface area (Å²) in [6.45, 7) is 3.88. The Morgan fingerprint density at radius 2 is 2.19 bits per heavy atom. The summed E-state index contributed by atoms with van der Waals surface area (Å²) < 4.78 is 0. The van der Waals surface area contributed by atoms with Gasteiger partial charge in [0.25, 0.3) is 0 Å². The molecule has 0 saturated carbocycles. The monoisotopic (exact) mass is 338 g/mol. The number of carboxylic acid groups (broad SMARTS) is 1. The summed E-state index contributed by atoms with van der Waals surface area (Å²) in [7, 11) is 0. The molecule has 0 spiro atoms. The van der Waals surface area contributed by atoms with E-state index in [1.54, 1.807) is 0 Å². The number of carboxylic acids is 1. The molecule has 8 heteroatoms. The summed E-state index contributed by atoms with van der Waals surface area (Å²) in [5.74, 6) is -0.658. The molecule has 2 N–H and O–H groups in total. The average Bonchev–Trinajstić information content (AvgIpc) is 2.70. The number of β-lactam (4-membered cyclic amide) rings is 1. The summed E-state index contributed by atoms with van der Waals surface area (Å²) in [4.78, 5) is 36.2. The molecule has 0 aromatic rings. The van der Waals surface area contributed by atoms with Crippen LogP contribution >= 0.6 is 11.8 Å². The minimum Gasteiger partial charge on any atom is -1.00 e. The number of carbonyl (C=O) groups excluding carboxylic acids is 2. The van der Waals surface area contributed by atoms with Crippen LogP contribution in [0.1, 0.15) is 28.1 Å². The van der Waals surface area contributed by atoms with Crippen LogP contribution in [-0.4, -0.2) is 46.1 Å². The molecule has 0 aromatic heterocycles. The van der Waals surface area contributed by atoms with Crippen LogP contribution in [0.3, 0.4) is 0 Å². The normalized spacial score (nSPS) is 23.3. The molecule has 0 bridgehead atoms. The first kappa shape index (κ1) is 19.2. The molecule has 2 rings (SSSR count). The zero-order valence-electron chi connectivity index (χ0n) is 13.5. The average molecular weight is 338 g/mol. The van der Waals surface area contributed by atoms with Gasteiger partial charge in [0.1, 0.15) is 5.70 Å². The van der Waals surface area contributed by atoms with E-state index in [0.29, 0.717) is 18.7 Å². The molecule has 0 radical (unpaired) electrons. The van der Waals surface area contributed by atoms with E-state index in [4.69, 9.17) is 0 Å². The first-order valence-corrected chi connectivity index (χ1v) is 7.62. The van der Waals surface area contributed by atoms with E-state index in [9.17, 15) is 19.5 Å². The SMILES string of the molecule is CC[C@@H]1C(=O)N2C(C(=O)O)=C(SCCNC(C)=O)C[C@@H]12.[H-].[K+]. The minimum atomic E-state index is -1.04. The van der Waals surface area contributed by atoms with Crippen LogP contribution in [0.15, 0.2) is 10.6 Å². The van der Waals surface area contributed by atoms with Crippen molar-refractivity contribution in [2.24, 2.45) is 5.92 Å². The second-order valence-corrected chi connectivity index (χ2v) is 6.09. The molecule has 2 amide bonds. The molecule has 2 aliphatic heterocycles. The zero-order chi connectivity index (χ0) is 14.9. The van der Waals surface area contributed by atoms with Crippen LogP contribution in [0.4, 0.5) is 0 Å². The van der Waals surface area contributed by atoms with Gasteiger partial charge in [-0.2, -0.15) is 0 Å². The molecule has 1 fully saturated rings. The molecular weight excluding hydrogens is 319 g/mol. The number of hydrogen-bond donors (Lipinski definition) is 2. The van der Waals surface area contributed by atoms with Gasteiger partial charge in [-0.05, 0) is 6.42 Å². The molecule has 112 valence electrons. The maximum atomic E-state index is 11.9. The third-order valence-corrected chi connectivity index (χ3v) is 4.76. The number of carbonyl (C=O) groups is 3. The predicted octanol–water partition coefficient (Wildman–Crippen LogP) is -2.09. The number of rotatable bonds is 6. The van der Waals surface area contributed by atoms with Gasteiger partial charge in [0.05, 0.1) is 12.0 Å². The van der Waals surface area contributed by atoms with Crippen molar-refractivity contribution in [1.29, 1.82) is 0 Å². The van der Waals surface area contributed by atoms with Gasteiger partial charge in [-0.25, -0.2) is 4.79 Å². The summed E-state index contributed by atoms with van der Waals surface area (Å²) >= 11 is 1.41. The Balaban J connectivity index is 0.00000220. The molecule has 2 aliphatic rings. The largest absolute Gasteiger partial charge is 1.00 e.